The molecule has 2 atom stereocenters. The predicted molar refractivity (Wildman–Crippen MR) is 89.1 cm³/mol. The molecule has 0 aromatic heterocycles. The van der Waals surface area contributed by atoms with E-state index < -0.39 is 0 Å². The van der Waals surface area contributed by atoms with Crippen molar-refractivity contribution in [2.45, 2.75) is 36.0 Å². The highest BCUT2D eigenvalue weighted by Crippen LogP contribution is 2.37. The van der Waals surface area contributed by atoms with E-state index in [9.17, 15) is 0 Å². The first-order chi connectivity index (χ1) is 10.4. The average molecular weight is 306 g/mol. The number of hydrogen-bond donors (Lipinski definition) is 1. The van der Waals surface area contributed by atoms with Gasteiger partial charge in [0, 0.05) is 35.8 Å². The molecule has 4 heteroatoms. The maximum atomic E-state index is 5.68. The Bertz CT molecular complexity index is 429. The monoisotopic (exact) mass is 306 g/mol. The largest absolute Gasteiger partial charge is 0.378 e. The Kier molecular flexibility index (Phi) is 5.58. The summed E-state index contributed by atoms with van der Waals surface area (Å²) in [5, 5.41) is 4.25. The molecule has 21 heavy (non-hydrogen) atoms. The average Bonchev–Trinajstić information content (AvgIpc) is 2.91. The quantitative estimate of drug-likeness (QED) is 0.816. The van der Waals surface area contributed by atoms with Gasteiger partial charge in [0.25, 0.3) is 0 Å². The van der Waals surface area contributed by atoms with Gasteiger partial charge in [0.15, 0.2) is 0 Å². The second-order valence-electron chi connectivity index (χ2n) is 5.98. The molecule has 3 nitrogen and oxygen atoms in total. The number of morpholine rings is 1. The van der Waals surface area contributed by atoms with Gasteiger partial charge in [0.1, 0.15) is 0 Å². The number of nitrogens with zero attached hydrogens (tertiary/aromatic N) is 1. The van der Waals surface area contributed by atoms with Gasteiger partial charge in [-0.25, -0.2) is 0 Å². The summed E-state index contributed by atoms with van der Waals surface area (Å²) in [4.78, 5) is 4.12. The van der Waals surface area contributed by atoms with E-state index in [1.165, 1.54) is 29.8 Å². The third kappa shape index (κ3) is 4.01. The molecular weight excluding hydrogens is 280 g/mol. The minimum atomic E-state index is 0.537. The van der Waals surface area contributed by atoms with Crippen LogP contribution in [0.3, 0.4) is 0 Å². The molecule has 0 saturated carbocycles. The standard InChI is InChI=1S/C17H26N2OS/c1-2-7-18-11-15-13-20-9-8-19(15)12-16-10-14-5-3-4-6-17(14)21-16/h3-6,15-16,18H,2,7-13H2,1H3. The number of hydrogen-bond acceptors (Lipinski definition) is 4. The number of rotatable bonds is 6. The fraction of sp³-hybridized carbons (Fsp3) is 0.647. The van der Waals surface area contributed by atoms with Crippen LogP contribution in [0.4, 0.5) is 0 Å². The van der Waals surface area contributed by atoms with Gasteiger partial charge in [-0.05, 0) is 31.0 Å². The van der Waals surface area contributed by atoms with Crippen LogP contribution in [0.2, 0.25) is 0 Å². The van der Waals surface area contributed by atoms with E-state index in [4.69, 9.17) is 4.74 Å². The number of thioether (sulfide) groups is 1. The van der Waals surface area contributed by atoms with Crippen LogP contribution in [0, 0.1) is 0 Å². The van der Waals surface area contributed by atoms with Crippen molar-refractivity contribution in [1.82, 2.24) is 10.2 Å². The third-order valence-corrected chi connectivity index (χ3v) is 5.61. The van der Waals surface area contributed by atoms with Crippen LogP contribution in [0.25, 0.3) is 0 Å². The lowest BCUT2D eigenvalue weighted by Crippen LogP contribution is -2.52. The van der Waals surface area contributed by atoms with Crippen LogP contribution in [0.15, 0.2) is 29.2 Å². The highest BCUT2D eigenvalue weighted by atomic mass is 32.2. The highest BCUT2D eigenvalue weighted by Gasteiger charge is 2.28. The van der Waals surface area contributed by atoms with Crippen molar-refractivity contribution in [3.63, 3.8) is 0 Å². The number of ether oxygens (including phenoxy) is 1. The Morgan fingerprint density at radius 1 is 1.38 bits per heavy atom. The van der Waals surface area contributed by atoms with Gasteiger partial charge in [-0.15, -0.1) is 11.8 Å². The molecule has 2 heterocycles. The highest BCUT2D eigenvalue weighted by molar-refractivity contribution is 8.00. The molecule has 1 N–H and O–H groups in total. The van der Waals surface area contributed by atoms with E-state index in [1.54, 1.807) is 0 Å². The topological polar surface area (TPSA) is 24.5 Å². The molecule has 116 valence electrons. The minimum absolute atomic E-state index is 0.537. The van der Waals surface area contributed by atoms with E-state index in [0.717, 1.165) is 32.8 Å². The minimum Gasteiger partial charge on any atom is -0.378 e. The molecular formula is C17H26N2OS. The van der Waals surface area contributed by atoms with Crippen molar-refractivity contribution < 1.29 is 4.74 Å². The predicted octanol–water partition coefficient (Wildman–Crippen LogP) is 2.40. The van der Waals surface area contributed by atoms with Gasteiger partial charge in [-0.1, -0.05) is 25.1 Å². The molecule has 1 saturated heterocycles. The first-order valence-electron chi connectivity index (χ1n) is 8.14. The zero-order valence-corrected chi connectivity index (χ0v) is 13.7. The Morgan fingerprint density at radius 2 is 2.29 bits per heavy atom. The van der Waals surface area contributed by atoms with Crippen LogP contribution in [0.1, 0.15) is 18.9 Å². The van der Waals surface area contributed by atoms with E-state index in [1.807, 2.05) is 0 Å². The first-order valence-corrected chi connectivity index (χ1v) is 9.02. The molecule has 2 aliphatic rings. The Balaban J connectivity index is 1.53. The molecule has 0 amide bonds. The van der Waals surface area contributed by atoms with E-state index in [2.05, 4.69) is 53.2 Å². The summed E-state index contributed by atoms with van der Waals surface area (Å²) in [6.07, 6.45) is 2.41. The van der Waals surface area contributed by atoms with Crippen LogP contribution >= 0.6 is 11.8 Å². The molecule has 3 rings (SSSR count). The van der Waals surface area contributed by atoms with Crippen molar-refractivity contribution >= 4 is 11.8 Å². The van der Waals surface area contributed by atoms with Gasteiger partial charge in [0.2, 0.25) is 0 Å². The maximum Gasteiger partial charge on any atom is 0.0634 e. The fourth-order valence-corrected chi connectivity index (χ4v) is 4.53. The second-order valence-corrected chi connectivity index (χ2v) is 7.32. The summed E-state index contributed by atoms with van der Waals surface area (Å²) in [5.41, 5.74) is 1.53. The van der Waals surface area contributed by atoms with Gasteiger partial charge in [-0.2, -0.15) is 0 Å². The van der Waals surface area contributed by atoms with Crippen LogP contribution in [-0.4, -0.2) is 55.6 Å². The molecule has 1 aromatic carbocycles. The summed E-state index contributed by atoms with van der Waals surface area (Å²) in [7, 11) is 0. The van der Waals surface area contributed by atoms with Crippen LogP contribution < -0.4 is 5.32 Å². The van der Waals surface area contributed by atoms with Crippen molar-refractivity contribution in [2.75, 3.05) is 39.4 Å². The van der Waals surface area contributed by atoms with E-state index in [0.29, 0.717) is 11.3 Å². The lowest BCUT2D eigenvalue weighted by Gasteiger charge is -2.37. The normalized spacial score (nSPS) is 26.0. The second kappa shape index (κ2) is 7.63. The van der Waals surface area contributed by atoms with Crippen LogP contribution in [-0.2, 0) is 11.2 Å². The first kappa shape index (κ1) is 15.3. The van der Waals surface area contributed by atoms with E-state index >= 15 is 0 Å². The van der Waals surface area contributed by atoms with Gasteiger partial charge in [-0.3, -0.25) is 4.90 Å². The summed E-state index contributed by atoms with van der Waals surface area (Å²) >= 11 is 2.06. The Morgan fingerprint density at radius 3 is 3.14 bits per heavy atom. The maximum absolute atomic E-state index is 5.68. The summed E-state index contributed by atoms with van der Waals surface area (Å²) < 4.78 is 5.68. The lowest BCUT2D eigenvalue weighted by molar-refractivity contribution is -0.00625. The van der Waals surface area contributed by atoms with Crippen molar-refractivity contribution in [1.29, 1.82) is 0 Å². The summed E-state index contributed by atoms with van der Waals surface area (Å²) in [5.74, 6) is 0. The van der Waals surface area contributed by atoms with Crippen molar-refractivity contribution in [3.05, 3.63) is 29.8 Å². The molecule has 0 spiro atoms. The smallest absolute Gasteiger partial charge is 0.0634 e. The fourth-order valence-electron chi connectivity index (χ4n) is 3.18. The molecule has 0 aliphatic carbocycles. The van der Waals surface area contributed by atoms with E-state index in [-0.39, 0.29) is 0 Å². The summed E-state index contributed by atoms with van der Waals surface area (Å²) in [6, 6.07) is 9.39. The number of benzene rings is 1. The van der Waals surface area contributed by atoms with Gasteiger partial charge in [0.05, 0.1) is 13.2 Å². The zero-order chi connectivity index (χ0) is 14.5. The SMILES string of the molecule is CCCNCC1COCCN1CC1Cc2ccccc2S1. The zero-order valence-electron chi connectivity index (χ0n) is 12.9. The van der Waals surface area contributed by atoms with Gasteiger partial charge >= 0.3 is 0 Å². The third-order valence-electron chi connectivity index (χ3n) is 4.31. The molecule has 2 aliphatic heterocycles. The molecule has 0 radical (unpaired) electrons. The molecule has 1 aromatic rings. The molecule has 1 fully saturated rings. The molecule has 0 bridgehead atoms. The Labute approximate surface area is 132 Å². The van der Waals surface area contributed by atoms with Gasteiger partial charge < -0.3 is 10.1 Å². The Hall–Kier alpha value is -0.550. The van der Waals surface area contributed by atoms with Crippen molar-refractivity contribution in [2.24, 2.45) is 0 Å². The van der Waals surface area contributed by atoms with Crippen molar-refractivity contribution in [3.8, 4) is 0 Å². The lowest BCUT2D eigenvalue weighted by atomic mass is 10.1. The van der Waals surface area contributed by atoms with Crippen LogP contribution in [0.5, 0.6) is 0 Å². The number of fused-ring (bicyclic) bond motifs is 1. The summed E-state index contributed by atoms with van der Waals surface area (Å²) in [6.45, 7) is 8.39. The number of nitrogens with one attached hydrogen (secondary N) is 1. The molecule has 2 unspecified atom stereocenters.